The van der Waals surface area contributed by atoms with Crippen molar-refractivity contribution in [3.8, 4) is 0 Å². The molecule has 18 heavy (non-hydrogen) atoms. The Balaban J connectivity index is 2.03. The number of hydrogen-bond donors (Lipinski definition) is 1. The van der Waals surface area contributed by atoms with E-state index in [9.17, 15) is 10.1 Å². The van der Waals surface area contributed by atoms with Crippen LogP contribution in [0.2, 0.25) is 5.28 Å². The highest BCUT2D eigenvalue weighted by atomic mass is 35.5. The van der Waals surface area contributed by atoms with Crippen LogP contribution in [-0.2, 0) is 0 Å². The largest absolute Gasteiger partial charge is 0.364 e. The molecule has 1 aliphatic rings. The highest BCUT2D eigenvalue weighted by Crippen LogP contribution is 2.25. The van der Waals surface area contributed by atoms with Crippen LogP contribution in [-0.4, -0.2) is 32.9 Å². The summed E-state index contributed by atoms with van der Waals surface area (Å²) >= 11 is 7.60. The fraction of sp³-hybridized carbons (Fsp3) is 0.600. The second kappa shape index (κ2) is 6.19. The van der Waals surface area contributed by atoms with Gasteiger partial charge < -0.3 is 5.32 Å². The Hall–Kier alpha value is -1.08. The van der Waals surface area contributed by atoms with Crippen LogP contribution in [0, 0.1) is 16.0 Å². The van der Waals surface area contributed by atoms with E-state index in [4.69, 9.17) is 11.6 Å². The summed E-state index contributed by atoms with van der Waals surface area (Å²) in [6, 6.07) is 0. The molecular weight excluding hydrogens is 276 g/mol. The minimum atomic E-state index is -0.505. The van der Waals surface area contributed by atoms with Crippen LogP contribution in [0.5, 0.6) is 0 Å². The first-order chi connectivity index (χ1) is 8.66. The Bertz CT molecular complexity index is 440. The monoisotopic (exact) mass is 288 g/mol. The Kier molecular flexibility index (Phi) is 4.60. The van der Waals surface area contributed by atoms with E-state index in [0.717, 1.165) is 30.5 Å². The van der Waals surface area contributed by atoms with Crippen LogP contribution >= 0.6 is 23.4 Å². The first-order valence-corrected chi connectivity index (χ1v) is 7.18. The van der Waals surface area contributed by atoms with Crippen LogP contribution in [0.25, 0.3) is 0 Å². The zero-order valence-corrected chi connectivity index (χ0v) is 11.2. The number of nitrogens with one attached hydrogen (secondary N) is 1. The molecule has 0 radical (unpaired) electrons. The highest BCUT2D eigenvalue weighted by Gasteiger charge is 2.19. The van der Waals surface area contributed by atoms with Crippen molar-refractivity contribution < 1.29 is 4.92 Å². The lowest BCUT2D eigenvalue weighted by Gasteiger charge is -2.21. The SMILES string of the molecule is O=[N+]([O-])c1cnc(Cl)nc1NCC1CCSCC1. The third kappa shape index (κ3) is 3.46. The Labute approximate surface area is 114 Å². The average molecular weight is 289 g/mol. The topological polar surface area (TPSA) is 81.0 Å². The van der Waals surface area contributed by atoms with Crippen LogP contribution < -0.4 is 5.32 Å². The third-order valence-electron chi connectivity index (χ3n) is 2.84. The maximum Gasteiger partial charge on any atom is 0.329 e. The molecule has 0 bridgehead atoms. The lowest BCUT2D eigenvalue weighted by molar-refractivity contribution is -0.384. The standard InChI is InChI=1S/C10H13ClN4O2S/c11-10-13-6-8(15(16)17)9(14-10)12-5-7-1-3-18-4-2-7/h6-7H,1-5H2,(H,12,13,14). The summed E-state index contributed by atoms with van der Waals surface area (Å²) in [6.07, 6.45) is 3.39. The van der Waals surface area contributed by atoms with E-state index in [-0.39, 0.29) is 16.8 Å². The van der Waals surface area contributed by atoms with Gasteiger partial charge in [-0.2, -0.15) is 16.7 Å². The highest BCUT2D eigenvalue weighted by molar-refractivity contribution is 7.99. The Morgan fingerprint density at radius 2 is 2.28 bits per heavy atom. The molecule has 1 fully saturated rings. The molecule has 1 aliphatic heterocycles. The first kappa shape index (κ1) is 13.4. The smallest absolute Gasteiger partial charge is 0.329 e. The number of hydrogen-bond acceptors (Lipinski definition) is 6. The lowest BCUT2D eigenvalue weighted by Crippen LogP contribution is -2.20. The van der Waals surface area contributed by atoms with Gasteiger partial charge >= 0.3 is 5.69 Å². The number of aromatic nitrogens is 2. The molecule has 1 aromatic heterocycles. The van der Waals surface area contributed by atoms with Crippen molar-refractivity contribution in [1.82, 2.24) is 9.97 Å². The van der Waals surface area contributed by atoms with Crippen molar-refractivity contribution in [2.45, 2.75) is 12.8 Å². The fourth-order valence-corrected chi connectivity index (χ4v) is 3.15. The van der Waals surface area contributed by atoms with Crippen LogP contribution in [0.15, 0.2) is 6.20 Å². The fourth-order valence-electron chi connectivity index (χ4n) is 1.81. The maximum atomic E-state index is 10.8. The summed E-state index contributed by atoms with van der Waals surface area (Å²) in [5.74, 6) is 3.05. The van der Waals surface area contributed by atoms with Crippen LogP contribution in [0.3, 0.4) is 0 Å². The van der Waals surface area contributed by atoms with Gasteiger partial charge in [0.05, 0.1) is 4.92 Å². The normalized spacial score (nSPS) is 16.5. The number of rotatable bonds is 4. The van der Waals surface area contributed by atoms with Crippen molar-refractivity contribution >= 4 is 34.9 Å². The molecule has 1 N–H and O–H groups in total. The molecule has 98 valence electrons. The molecule has 2 heterocycles. The van der Waals surface area contributed by atoms with E-state index in [0.29, 0.717) is 12.5 Å². The summed E-state index contributed by atoms with van der Waals surface area (Å²) < 4.78 is 0. The predicted octanol–water partition coefficient (Wildman–Crippen LogP) is 2.59. The van der Waals surface area contributed by atoms with Gasteiger partial charge in [0.15, 0.2) is 0 Å². The maximum absolute atomic E-state index is 10.8. The van der Waals surface area contributed by atoms with Gasteiger partial charge in [0.1, 0.15) is 6.20 Å². The van der Waals surface area contributed by atoms with E-state index in [1.54, 1.807) is 0 Å². The number of halogens is 1. The zero-order valence-electron chi connectivity index (χ0n) is 9.63. The Morgan fingerprint density at radius 3 is 2.94 bits per heavy atom. The molecule has 0 atom stereocenters. The van der Waals surface area contributed by atoms with Crippen molar-refractivity contribution in [2.24, 2.45) is 5.92 Å². The second-order valence-corrected chi connectivity index (χ2v) is 5.63. The number of anilines is 1. The van der Waals surface area contributed by atoms with Crippen LogP contribution in [0.4, 0.5) is 11.5 Å². The quantitative estimate of drug-likeness (QED) is 0.521. The van der Waals surface area contributed by atoms with E-state index in [1.807, 2.05) is 11.8 Å². The summed E-state index contributed by atoms with van der Waals surface area (Å²) in [6.45, 7) is 0.689. The number of nitrogens with zero attached hydrogens (tertiary/aromatic N) is 3. The summed E-state index contributed by atoms with van der Waals surface area (Å²) in [5.41, 5.74) is -0.135. The van der Waals surface area contributed by atoms with Gasteiger partial charge in [-0.15, -0.1) is 0 Å². The van der Waals surface area contributed by atoms with Crippen molar-refractivity contribution in [3.05, 3.63) is 21.6 Å². The molecule has 1 aromatic rings. The summed E-state index contributed by atoms with van der Waals surface area (Å²) in [5, 5.41) is 13.9. The molecule has 0 aromatic carbocycles. The molecule has 8 heteroatoms. The second-order valence-electron chi connectivity index (χ2n) is 4.07. The van der Waals surface area contributed by atoms with Gasteiger partial charge in [-0.25, -0.2) is 4.98 Å². The lowest BCUT2D eigenvalue weighted by atomic mass is 10.0. The molecule has 0 unspecified atom stereocenters. The van der Waals surface area contributed by atoms with E-state index in [1.165, 1.54) is 0 Å². The van der Waals surface area contributed by atoms with E-state index < -0.39 is 4.92 Å². The van der Waals surface area contributed by atoms with Crippen LogP contribution in [0.1, 0.15) is 12.8 Å². The molecular formula is C10H13ClN4O2S. The van der Waals surface area contributed by atoms with E-state index >= 15 is 0 Å². The molecule has 0 saturated carbocycles. The van der Waals surface area contributed by atoms with Gasteiger partial charge in [0.2, 0.25) is 11.1 Å². The third-order valence-corrected chi connectivity index (χ3v) is 4.07. The van der Waals surface area contributed by atoms with E-state index in [2.05, 4.69) is 15.3 Å². The minimum Gasteiger partial charge on any atom is -0.364 e. The molecule has 0 amide bonds. The van der Waals surface area contributed by atoms with Gasteiger partial charge in [-0.05, 0) is 41.9 Å². The summed E-state index contributed by atoms with van der Waals surface area (Å²) in [7, 11) is 0. The molecule has 2 rings (SSSR count). The van der Waals surface area contributed by atoms with Gasteiger partial charge in [-0.1, -0.05) is 0 Å². The minimum absolute atomic E-state index is 0.0160. The first-order valence-electron chi connectivity index (χ1n) is 5.65. The van der Waals surface area contributed by atoms with Gasteiger partial charge in [0.25, 0.3) is 0 Å². The number of nitro groups is 1. The number of thioether (sulfide) groups is 1. The van der Waals surface area contributed by atoms with Crippen molar-refractivity contribution in [1.29, 1.82) is 0 Å². The van der Waals surface area contributed by atoms with Gasteiger partial charge in [0, 0.05) is 6.54 Å². The van der Waals surface area contributed by atoms with Gasteiger partial charge in [-0.3, -0.25) is 10.1 Å². The van der Waals surface area contributed by atoms with Crippen molar-refractivity contribution in [3.63, 3.8) is 0 Å². The Morgan fingerprint density at radius 1 is 1.56 bits per heavy atom. The summed E-state index contributed by atoms with van der Waals surface area (Å²) in [4.78, 5) is 17.8. The molecule has 0 aliphatic carbocycles. The molecule has 6 nitrogen and oxygen atoms in total. The zero-order chi connectivity index (χ0) is 13.0. The molecule has 1 saturated heterocycles. The van der Waals surface area contributed by atoms with Crippen molar-refractivity contribution in [2.75, 3.05) is 23.4 Å². The predicted molar refractivity (Wildman–Crippen MR) is 72.2 cm³/mol. The average Bonchev–Trinajstić information content (AvgIpc) is 2.37. The molecule has 0 spiro atoms.